The molecule has 2 amide bonds. The molecule has 0 spiro atoms. The van der Waals surface area contributed by atoms with Gasteiger partial charge in [-0.25, -0.2) is 4.79 Å². The number of hydrogen-bond donors (Lipinski definition) is 3. The number of benzene rings is 1. The molecule has 0 bridgehead atoms. The van der Waals surface area contributed by atoms with Crippen molar-refractivity contribution in [2.45, 2.75) is 12.5 Å². The van der Waals surface area contributed by atoms with Gasteiger partial charge in [0.05, 0.1) is 18.7 Å². The molecule has 108 valence electrons. The first-order valence-corrected chi connectivity index (χ1v) is 6.17. The van der Waals surface area contributed by atoms with Crippen LogP contribution in [0, 0.1) is 0 Å². The highest BCUT2D eigenvalue weighted by Crippen LogP contribution is 2.29. The topological polar surface area (TPSA) is 99.1 Å². The molecule has 1 aromatic rings. The highest BCUT2D eigenvalue weighted by molar-refractivity contribution is 5.97. The van der Waals surface area contributed by atoms with Crippen molar-refractivity contribution in [2.75, 3.05) is 20.2 Å². The molecule has 1 fully saturated rings. The molecule has 0 radical (unpaired) electrons. The van der Waals surface area contributed by atoms with Gasteiger partial charge in [0, 0.05) is 13.1 Å². The molecule has 7 heteroatoms. The summed E-state index contributed by atoms with van der Waals surface area (Å²) in [7, 11) is 1.28. The fourth-order valence-electron chi connectivity index (χ4n) is 2.16. The molecule has 1 atom stereocenters. The minimum atomic E-state index is -0.537. The summed E-state index contributed by atoms with van der Waals surface area (Å²) in [4.78, 5) is 24.8. The van der Waals surface area contributed by atoms with Gasteiger partial charge in [-0.2, -0.15) is 0 Å². The van der Waals surface area contributed by atoms with Gasteiger partial charge in [-0.3, -0.25) is 4.79 Å². The van der Waals surface area contributed by atoms with E-state index in [9.17, 15) is 19.8 Å². The smallest absolute Gasteiger partial charge is 0.407 e. The van der Waals surface area contributed by atoms with Crippen molar-refractivity contribution < 1.29 is 24.5 Å². The number of rotatable bonds is 2. The first kappa shape index (κ1) is 14.0. The van der Waals surface area contributed by atoms with Crippen molar-refractivity contribution in [2.24, 2.45) is 0 Å². The average Bonchev–Trinajstić information content (AvgIpc) is 2.89. The lowest BCUT2D eigenvalue weighted by atomic mass is 10.1. The lowest BCUT2D eigenvalue weighted by Crippen LogP contribution is -2.38. The Morgan fingerprint density at radius 2 is 2.15 bits per heavy atom. The zero-order valence-electron chi connectivity index (χ0n) is 11.0. The number of nitrogens with one attached hydrogen (secondary N) is 1. The van der Waals surface area contributed by atoms with Crippen molar-refractivity contribution >= 4 is 12.0 Å². The van der Waals surface area contributed by atoms with Crippen LogP contribution >= 0.6 is 0 Å². The summed E-state index contributed by atoms with van der Waals surface area (Å²) in [5.41, 5.74) is 0.0451. The van der Waals surface area contributed by atoms with E-state index in [2.05, 4.69) is 10.1 Å². The minimum Gasteiger partial charge on any atom is -0.504 e. The second-order valence-electron chi connectivity index (χ2n) is 4.55. The van der Waals surface area contributed by atoms with Crippen LogP contribution in [0.3, 0.4) is 0 Å². The van der Waals surface area contributed by atoms with Gasteiger partial charge in [-0.05, 0) is 18.6 Å². The molecule has 1 heterocycles. The lowest BCUT2D eigenvalue weighted by molar-refractivity contribution is 0.0784. The number of hydrogen-bond acceptors (Lipinski definition) is 5. The van der Waals surface area contributed by atoms with Crippen LogP contribution < -0.4 is 5.32 Å². The van der Waals surface area contributed by atoms with E-state index < -0.39 is 11.8 Å². The standard InChI is InChI=1S/C13H16N2O5/c1-20-13(19)14-8-5-6-15(7-8)12(18)9-3-2-4-10(16)11(9)17/h2-4,8,16-17H,5-7H2,1H3,(H,14,19). The summed E-state index contributed by atoms with van der Waals surface area (Å²) in [5.74, 6) is -1.14. The van der Waals surface area contributed by atoms with Crippen LogP contribution in [-0.4, -0.2) is 53.4 Å². The quantitative estimate of drug-likeness (QED) is 0.691. The number of methoxy groups -OCH3 is 1. The van der Waals surface area contributed by atoms with Crippen molar-refractivity contribution in [3.05, 3.63) is 23.8 Å². The van der Waals surface area contributed by atoms with E-state index in [1.165, 1.54) is 30.2 Å². The Morgan fingerprint density at radius 1 is 1.40 bits per heavy atom. The molecular formula is C13H16N2O5. The van der Waals surface area contributed by atoms with E-state index in [0.717, 1.165) is 0 Å². The van der Waals surface area contributed by atoms with Gasteiger partial charge < -0.3 is 25.2 Å². The molecule has 0 saturated carbocycles. The zero-order chi connectivity index (χ0) is 14.7. The number of carbonyl (C=O) groups excluding carboxylic acids is 2. The third-order valence-electron chi connectivity index (χ3n) is 3.23. The Bertz CT molecular complexity index is 531. The number of phenols is 2. The first-order chi connectivity index (χ1) is 9.52. The maximum atomic E-state index is 12.2. The third-order valence-corrected chi connectivity index (χ3v) is 3.23. The van der Waals surface area contributed by atoms with Gasteiger partial charge in [0.15, 0.2) is 11.5 Å². The van der Waals surface area contributed by atoms with E-state index in [4.69, 9.17) is 0 Å². The van der Waals surface area contributed by atoms with E-state index in [1.807, 2.05) is 0 Å². The number of aromatic hydroxyl groups is 2. The Labute approximate surface area is 115 Å². The molecule has 20 heavy (non-hydrogen) atoms. The molecule has 0 aliphatic carbocycles. The maximum absolute atomic E-state index is 12.2. The molecule has 1 aliphatic heterocycles. The van der Waals surface area contributed by atoms with Crippen LogP contribution in [0.5, 0.6) is 11.5 Å². The number of para-hydroxylation sites is 1. The fraction of sp³-hybridized carbons (Fsp3) is 0.385. The van der Waals surface area contributed by atoms with Gasteiger partial charge in [-0.15, -0.1) is 0 Å². The molecule has 1 saturated heterocycles. The Morgan fingerprint density at radius 3 is 2.85 bits per heavy atom. The highest BCUT2D eigenvalue weighted by atomic mass is 16.5. The Hall–Kier alpha value is -2.44. The van der Waals surface area contributed by atoms with Gasteiger partial charge in [0.1, 0.15) is 0 Å². The SMILES string of the molecule is COC(=O)NC1CCN(C(=O)c2cccc(O)c2O)C1. The number of ether oxygens (including phenoxy) is 1. The molecular weight excluding hydrogens is 264 g/mol. The number of phenolic OH excluding ortho intramolecular Hbond substituents is 2. The van der Waals surface area contributed by atoms with Gasteiger partial charge >= 0.3 is 6.09 Å². The third kappa shape index (κ3) is 2.76. The van der Waals surface area contributed by atoms with Crippen molar-refractivity contribution in [1.29, 1.82) is 0 Å². The van der Waals surface area contributed by atoms with Crippen molar-refractivity contribution in [1.82, 2.24) is 10.2 Å². The molecule has 1 aromatic carbocycles. The van der Waals surface area contributed by atoms with E-state index in [1.54, 1.807) is 0 Å². The Balaban J connectivity index is 2.04. The average molecular weight is 280 g/mol. The number of amides is 2. The molecule has 1 aliphatic rings. The van der Waals surface area contributed by atoms with Crippen LogP contribution in [-0.2, 0) is 4.74 Å². The number of likely N-dealkylation sites (tertiary alicyclic amines) is 1. The summed E-state index contributed by atoms with van der Waals surface area (Å²) in [6.07, 6.45) is 0.0740. The van der Waals surface area contributed by atoms with Crippen molar-refractivity contribution in [3.63, 3.8) is 0 Å². The summed E-state index contributed by atoms with van der Waals surface area (Å²) in [6.45, 7) is 0.797. The van der Waals surface area contributed by atoms with Gasteiger partial charge in [0.25, 0.3) is 5.91 Å². The fourth-order valence-corrected chi connectivity index (χ4v) is 2.16. The van der Waals surface area contributed by atoms with Gasteiger partial charge in [0.2, 0.25) is 0 Å². The zero-order valence-corrected chi connectivity index (χ0v) is 11.0. The normalized spacial score (nSPS) is 17.9. The monoisotopic (exact) mass is 280 g/mol. The lowest BCUT2D eigenvalue weighted by Gasteiger charge is -2.17. The van der Waals surface area contributed by atoms with Crippen molar-refractivity contribution in [3.8, 4) is 11.5 Å². The van der Waals surface area contributed by atoms with E-state index >= 15 is 0 Å². The Kier molecular flexibility index (Phi) is 3.97. The predicted octanol–water partition coefficient (Wildman–Crippen LogP) is 0.668. The predicted molar refractivity (Wildman–Crippen MR) is 69.6 cm³/mol. The van der Waals surface area contributed by atoms with Crippen LogP contribution in [0.25, 0.3) is 0 Å². The minimum absolute atomic E-state index is 0.0451. The van der Waals surface area contributed by atoms with Crippen LogP contribution in [0.2, 0.25) is 0 Å². The summed E-state index contributed by atoms with van der Waals surface area (Å²) >= 11 is 0. The van der Waals surface area contributed by atoms with Gasteiger partial charge in [-0.1, -0.05) is 6.07 Å². The first-order valence-electron chi connectivity index (χ1n) is 6.17. The second-order valence-corrected chi connectivity index (χ2v) is 4.55. The van der Waals surface area contributed by atoms with Crippen LogP contribution in [0.1, 0.15) is 16.8 Å². The number of nitrogens with zero attached hydrogens (tertiary/aromatic N) is 1. The summed E-state index contributed by atoms with van der Waals surface area (Å²) < 4.78 is 4.50. The number of carbonyl (C=O) groups is 2. The highest BCUT2D eigenvalue weighted by Gasteiger charge is 2.29. The maximum Gasteiger partial charge on any atom is 0.407 e. The molecule has 7 nitrogen and oxygen atoms in total. The number of alkyl carbamates (subject to hydrolysis) is 1. The molecule has 0 aromatic heterocycles. The van der Waals surface area contributed by atoms with Crippen LogP contribution in [0.4, 0.5) is 4.79 Å². The largest absolute Gasteiger partial charge is 0.504 e. The summed E-state index contributed by atoms with van der Waals surface area (Å²) in [5, 5.41) is 21.7. The second kappa shape index (κ2) is 5.68. The molecule has 3 N–H and O–H groups in total. The van der Waals surface area contributed by atoms with E-state index in [-0.39, 0.29) is 23.3 Å². The molecule has 1 unspecified atom stereocenters. The summed E-state index contributed by atoms with van der Waals surface area (Å²) in [6, 6.07) is 4.06. The van der Waals surface area contributed by atoms with E-state index in [0.29, 0.717) is 19.5 Å². The molecule has 2 rings (SSSR count). The van der Waals surface area contributed by atoms with Crippen LogP contribution in [0.15, 0.2) is 18.2 Å².